The monoisotopic (exact) mass is 313 g/mol. The summed E-state index contributed by atoms with van der Waals surface area (Å²) >= 11 is 0. The highest BCUT2D eigenvalue weighted by atomic mass is 19.1. The first-order valence-corrected chi connectivity index (χ1v) is 6.38. The minimum Gasteiger partial charge on any atom is -0.460 e. The molecule has 0 saturated heterocycles. The predicted octanol–water partition coefficient (Wildman–Crippen LogP) is 2.99. The summed E-state index contributed by atoms with van der Waals surface area (Å²) in [5.74, 6) is -1.28. The third kappa shape index (κ3) is 4.07. The van der Waals surface area contributed by atoms with Crippen molar-refractivity contribution in [1.29, 1.82) is 5.26 Å². The van der Waals surface area contributed by atoms with Crippen LogP contribution in [0.1, 0.15) is 41.2 Å². The second-order valence-electron chi connectivity index (χ2n) is 4.57. The maximum atomic E-state index is 13.2. The fraction of sp³-hybridized carbons (Fsp3) is 0.400. The first-order chi connectivity index (χ1) is 10.5. The summed E-state index contributed by atoms with van der Waals surface area (Å²) < 4.78 is 44.1. The lowest BCUT2D eigenvalue weighted by atomic mass is 9.93. The predicted molar refractivity (Wildman–Crippen MR) is 70.7 cm³/mol. The fourth-order valence-electron chi connectivity index (χ4n) is 2.01. The van der Waals surface area contributed by atoms with Crippen LogP contribution in [0.25, 0.3) is 0 Å². The van der Waals surface area contributed by atoms with E-state index < -0.39 is 44.8 Å². The Balaban J connectivity index is 3.22. The summed E-state index contributed by atoms with van der Waals surface area (Å²) in [6.07, 6.45) is -0.468. The zero-order chi connectivity index (χ0) is 16.7. The topological polar surface area (TPSA) is 67.2 Å². The van der Waals surface area contributed by atoms with E-state index in [9.17, 15) is 22.8 Å². The van der Waals surface area contributed by atoms with E-state index in [1.54, 1.807) is 6.07 Å². The number of nitriles is 1. The van der Waals surface area contributed by atoms with Crippen molar-refractivity contribution in [3.63, 3.8) is 0 Å². The largest absolute Gasteiger partial charge is 0.460 e. The van der Waals surface area contributed by atoms with Crippen molar-refractivity contribution in [3.8, 4) is 6.07 Å². The summed E-state index contributed by atoms with van der Waals surface area (Å²) in [6.45, 7) is -2.53. The van der Waals surface area contributed by atoms with Crippen molar-refractivity contribution < 1.29 is 27.5 Å². The van der Waals surface area contributed by atoms with Crippen LogP contribution in [0.4, 0.5) is 13.2 Å². The Hall–Kier alpha value is -2.36. The van der Waals surface area contributed by atoms with Gasteiger partial charge in [-0.1, -0.05) is 0 Å². The molecule has 1 aromatic carbocycles. The zero-order valence-electron chi connectivity index (χ0n) is 11.9. The van der Waals surface area contributed by atoms with Gasteiger partial charge in [0.1, 0.15) is 38.8 Å². The van der Waals surface area contributed by atoms with Crippen LogP contribution < -0.4 is 0 Å². The molecule has 0 aliphatic carbocycles. The number of hydrogen-bond acceptors (Lipinski definition) is 4. The van der Waals surface area contributed by atoms with Gasteiger partial charge < -0.3 is 4.74 Å². The third-order valence-electron chi connectivity index (χ3n) is 3.06. The van der Waals surface area contributed by atoms with E-state index in [4.69, 9.17) is 10.00 Å². The molecule has 0 aliphatic heterocycles. The van der Waals surface area contributed by atoms with E-state index in [0.717, 1.165) is 6.07 Å². The van der Waals surface area contributed by atoms with Gasteiger partial charge in [-0.2, -0.15) is 5.26 Å². The molecular formula is C15H14F3NO3. The van der Waals surface area contributed by atoms with Crippen molar-refractivity contribution in [3.05, 3.63) is 33.9 Å². The number of benzene rings is 1. The Kier molecular flexibility index (Phi) is 6.57. The van der Waals surface area contributed by atoms with Crippen molar-refractivity contribution in [2.45, 2.75) is 40.0 Å². The van der Waals surface area contributed by atoms with Crippen LogP contribution in [0.3, 0.4) is 0 Å². The van der Waals surface area contributed by atoms with Crippen LogP contribution in [0, 0.1) is 11.3 Å². The normalized spacial score (nSPS) is 10.1. The Bertz CT molecular complexity index is 623. The number of carbonyl (C=O) groups excluding carboxylic acids is 2. The van der Waals surface area contributed by atoms with Crippen LogP contribution in [0.2, 0.25) is 0 Å². The lowest BCUT2D eigenvalue weighted by molar-refractivity contribution is -0.146. The van der Waals surface area contributed by atoms with Gasteiger partial charge in [0, 0.05) is 11.1 Å². The smallest absolute Gasteiger partial charge is 0.313 e. The van der Waals surface area contributed by atoms with Gasteiger partial charge in [0.2, 0.25) is 0 Å². The Morgan fingerprint density at radius 3 is 2.23 bits per heavy atom. The van der Waals surface area contributed by atoms with E-state index in [1.807, 2.05) is 0 Å². The molecule has 22 heavy (non-hydrogen) atoms. The van der Waals surface area contributed by atoms with Crippen LogP contribution in [0.5, 0.6) is 0 Å². The summed E-state index contributed by atoms with van der Waals surface area (Å²) in [6, 6.07) is 2.80. The summed E-state index contributed by atoms with van der Waals surface area (Å²) in [4.78, 5) is 22.2. The lowest BCUT2D eigenvalue weighted by Crippen LogP contribution is -2.12. The minimum absolute atomic E-state index is 0.0615. The molecule has 0 fully saturated rings. The lowest BCUT2D eigenvalue weighted by Gasteiger charge is -2.16. The van der Waals surface area contributed by atoms with E-state index in [-0.39, 0.29) is 27.8 Å². The SMILES string of the molecule is CC(=O)CC(=O)OCc1c(CF)c(C#N)cc(CF)c1CF. The molecule has 0 bridgehead atoms. The van der Waals surface area contributed by atoms with Gasteiger partial charge in [-0.15, -0.1) is 0 Å². The molecule has 0 N–H and O–H groups in total. The van der Waals surface area contributed by atoms with Gasteiger partial charge in [0.15, 0.2) is 0 Å². The molecule has 0 saturated carbocycles. The molecule has 0 amide bonds. The molecule has 0 heterocycles. The Labute approximate surface area is 125 Å². The maximum Gasteiger partial charge on any atom is 0.313 e. The number of hydrogen-bond donors (Lipinski definition) is 0. The molecule has 0 spiro atoms. The van der Waals surface area contributed by atoms with Gasteiger partial charge in [0.25, 0.3) is 0 Å². The van der Waals surface area contributed by atoms with E-state index in [1.165, 1.54) is 6.92 Å². The highest BCUT2D eigenvalue weighted by Crippen LogP contribution is 2.27. The Morgan fingerprint density at radius 2 is 1.77 bits per heavy atom. The average Bonchev–Trinajstić information content (AvgIpc) is 2.50. The molecule has 0 unspecified atom stereocenters. The molecular weight excluding hydrogens is 299 g/mol. The second-order valence-corrected chi connectivity index (χ2v) is 4.57. The van der Waals surface area contributed by atoms with Crippen molar-refractivity contribution in [2.24, 2.45) is 0 Å². The molecule has 1 rings (SSSR count). The summed E-state index contributed by atoms with van der Waals surface area (Å²) in [5.41, 5.74) is -0.555. The molecule has 0 aromatic heterocycles. The molecule has 0 radical (unpaired) electrons. The number of rotatable bonds is 7. The first-order valence-electron chi connectivity index (χ1n) is 6.38. The number of esters is 1. The quantitative estimate of drug-likeness (QED) is 0.573. The minimum atomic E-state index is -1.09. The van der Waals surface area contributed by atoms with Crippen molar-refractivity contribution in [2.75, 3.05) is 0 Å². The maximum absolute atomic E-state index is 13.2. The number of nitrogens with zero attached hydrogens (tertiary/aromatic N) is 1. The number of ether oxygens (including phenoxy) is 1. The molecule has 1 aromatic rings. The van der Waals surface area contributed by atoms with Gasteiger partial charge >= 0.3 is 5.97 Å². The highest BCUT2D eigenvalue weighted by molar-refractivity contribution is 5.94. The fourth-order valence-corrected chi connectivity index (χ4v) is 2.01. The van der Waals surface area contributed by atoms with Crippen LogP contribution >= 0.6 is 0 Å². The van der Waals surface area contributed by atoms with Crippen LogP contribution in [-0.4, -0.2) is 11.8 Å². The number of Topliss-reactive ketones (excluding diaryl/α,β-unsaturated/α-hetero) is 1. The van der Waals surface area contributed by atoms with E-state index in [0.29, 0.717) is 0 Å². The van der Waals surface area contributed by atoms with E-state index >= 15 is 0 Å². The number of alkyl halides is 3. The first kappa shape index (κ1) is 17.7. The Morgan fingerprint density at radius 1 is 1.14 bits per heavy atom. The van der Waals surface area contributed by atoms with Gasteiger partial charge in [-0.05, 0) is 24.1 Å². The molecule has 118 valence electrons. The van der Waals surface area contributed by atoms with Crippen LogP contribution in [-0.2, 0) is 41.0 Å². The van der Waals surface area contributed by atoms with Gasteiger partial charge in [0.05, 0.1) is 11.6 Å². The van der Waals surface area contributed by atoms with Gasteiger partial charge in [-0.3, -0.25) is 9.59 Å². The number of halogens is 3. The summed E-state index contributed by atoms with van der Waals surface area (Å²) in [5, 5.41) is 8.97. The molecule has 4 nitrogen and oxygen atoms in total. The van der Waals surface area contributed by atoms with E-state index in [2.05, 4.69) is 0 Å². The van der Waals surface area contributed by atoms with Crippen molar-refractivity contribution >= 4 is 11.8 Å². The average molecular weight is 313 g/mol. The number of carbonyl (C=O) groups is 2. The molecule has 7 heteroatoms. The second kappa shape index (κ2) is 8.17. The highest BCUT2D eigenvalue weighted by Gasteiger charge is 2.19. The molecule has 0 atom stereocenters. The number of ketones is 1. The standard InChI is InChI=1S/C15H14F3NO3/c1-9(20)2-15(21)22-8-14-12(5-17)10(4-16)3-11(7-19)13(14)6-18/h3H,2,4-6,8H2,1H3. The third-order valence-corrected chi connectivity index (χ3v) is 3.06. The van der Waals surface area contributed by atoms with Crippen LogP contribution in [0.15, 0.2) is 6.07 Å². The van der Waals surface area contributed by atoms with Gasteiger partial charge in [-0.25, -0.2) is 13.2 Å². The molecule has 0 aliphatic rings. The summed E-state index contributed by atoms with van der Waals surface area (Å²) in [7, 11) is 0. The zero-order valence-corrected chi connectivity index (χ0v) is 11.9. The van der Waals surface area contributed by atoms with Crippen molar-refractivity contribution in [1.82, 2.24) is 0 Å².